The summed E-state index contributed by atoms with van der Waals surface area (Å²) in [5.74, 6) is -1.28. The van der Waals surface area contributed by atoms with Gasteiger partial charge in [0.25, 0.3) is 0 Å². The smallest absolute Gasteiger partial charge is 0.387 e. The van der Waals surface area contributed by atoms with E-state index < -0.39 is 24.6 Å². The highest BCUT2D eigenvalue weighted by molar-refractivity contribution is 5.80. The number of benzene rings is 1. The molecule has 0 fully saturated rings. The zero-order valence-corrected chi connectivity index (χ0v) is 11.2. The van der Waals surface area contributed by atoms with Gasteiger partial charge < -0.3 is 19.9 Å². The molecule has 0 heterocycles. The lowest BCUT2D eigenvalue weighted by Gasteiger charge is -2.10. The molecule has 0 saturated heterocycles. The molecule has 8 heteroatoms. The summed E-state index contributed by atoms with van der Waals surface area (Å²) >= 11 is 0. The van der Waals surface area contributed by atoms with Crippen molar-refractivity contribution in [2.24, 2.45) is 0 Å². The number of halogens is 2. The number of carbonyl (C=O) groups excluding carboxylic acids is 2. The highest BCUT2D eigenvalue weighted by atomic mass is 19.3. The van der Waals surface area contributed by atoms with Gasteiger partial charge in [-0.15, -0.1) is 0 Å². The number of esters is 1. The van der Waals surface area contributed by atoms with E-state index in [0.29, 0.717) is 5.56 Å². The van der Waals surface area contributed by atoms with Crippen molar-refractivity contribution in [1.29, 1.82) is 0 Å². The molecular formula is C13H15F2NO5. The van der Waals surface area contributed by atoms with Gasteiger partial charge in [0.2, 0.25) is 5.91 Å². The fraction of sp³-hybridized carbons (Fsp3) is 0.385. The topological polar surface area (TPSA) is 84.9 Å². The molecule has 116 valence electrons. The van der Waals surface area contributed by atoms with Crippen molar-refractivity contribution in [3.63, 3.8) is 0 Å². The highest BCUT2D eigenvalue weighted by Crippen LogP contribution is 2.15. The van der Waals surface area contributed by atoms with Gasteiger partial charge in [0.05, 0.1) is 20.1 Å². The van der Waals surface area contributed by atoms with Gasteiger partial charge >= 0.3 is 12.6 Å². The first-order chi connectivity index (χ1) is 9.92. The molecule has 1 aromatic rings. The minimum Gasteiger partial charge on any atom is -0.467 e. The summed E-state index contributed by atoms with van der Waals surface area (Å²) in [4.78, 5) is 22.5. The van der Waals surface area contributed by atoms with Crippen LogP contribution in [0.15, 0.2) is 24.3 Å². The molecule has 1 aromatic carbocycles. The Kier molecular flexibility index (Phi) is 6.54. The molecule has 0 saturated carbocycles. The zero-order chi connectivity index (χ0) is 15.8. The third-order valence-corrected chi connectivity index (χ3v) is 2.48. The van der Waals surface area contributed by atoms with Crippen LogP contribution in [-0.2, 0) is 20.7 Å². The van der Waals surface area contributed by atoms with Crippen LogP contribution in [0.25, 0.3) is 0 Å². The largest absolute Gasteiger partial charge is 0.467 e. The second-order valence-corrected chi connectivity index (χ2v) is 4.04. The Labute approximate surface area is 119 Å². The average Bonchev–Trinajstić information content (AvgIpc) is 2.45. The standard InChI is InChI=1S/C13H15F2NO5/c1-20-12(19)10(17)7-16-11(18)6-8-2-4-9(5-3-8)21-13(14)15/h2-5,10,13,17H,6-7H2,1H3,(H,16,18). The van der Waals surface area contributed by atoms with Crippen LogP contribution in [-0.4, -0.2) is 43.4 Å². The molecule has 1 atom stereocenters. The molecule has 6 nitrogen and oxygen atoms in total. The second kappa shape index (κ2) is 8.15. The van der Waals surface area contributed by atoms with E-state index in [1.165, 1.54) is 24.3 Å². The summed E-state index contributed by atoms with van der Waals surface area (Å²) in [6.45, 7) is -3.17. The number of rotatable bonds is 7. The normalized spacial score (nSPS) is 11.9. The Balaban J connectivity index is 2.42. The average molecular weight is 303 g/mol. The maximum atomic E-state index is 12.0. The first kappa shape index (κ1) is 16.8. The lowest BCUT2D eigenvalue weighted by molar-refractivity contribution is -0.150. The third kappa shape index (κ3) is 6.17. The molecule has 0 aromatic heterocycles. The number of nitrogens with one attached hydrogen (secondary N) is 1. The van der Waals surface area contributed by atoms with Gasteiger partial charge in [-0.05, 0) is 17.7 Å². The Hall–Kier alpha value is -2.22. The van der Waals surface area contributed by atoms with Crippen molar-refractivity contribution in [2.75, 3.05) is 13.7 Å². The first-order valence-electron chi connectivity index (χ1n) is 5.98. The number of aliphatic hydroxyl groups is 1. The number of amides is 1. The number of alkyl halides is 2. The quantitative estimate of drug-likeness (QED) is 0.716. The summed E-state index contributed by atoms with van der Waals surface area (Å²) in [5.41, 5.74) is 0.571. The SMILES string of the molecule is COC(=O)C(O)CNC(=O)Cc1ccc(OC(F)F)cc1. The summed E-state index contributed by atoms with van der Waals surface area (Å²) in [6, 6.07) is 5.57. The van der Waals surface area contributed by atoms with Gasteiger partial charge in [-0.3, -0.25) is 4.79 Å². The van der Waals surface area contributed by atoms with E-state index in [-0.39, 0.29) is 18.7 Å². The molecule has 21 heavy (non-hydrogen) atoms. The second-order valence-electron chi connectivity index (χ2n) is 4.04. The van der Waals surface area contributed by atoms with Gasteiger partial charge in [-0.2, -0.15) is 8.78 Å². The van der Waals surface area contributed by atoms with Gasteiger partial charge in [-0.25, -0.2) is 4.79 Å². The van der Waals surface area contributed by atoms with Gasteiger partial charge in [0, 0.05) is 0 Å². The fourth-order valence-electron chi connectivity index (χ4n) is 1.47. The van der Waals surface area contributed by atoms with Crippen molar-refractivity contribution in [1.82, 2.24) is 5.32 Å². The van der Waals surface area contributed by atoms with Crippen molar-refractivity contribution in [3.05, 3.63) is 29.8 Å². The number of ether oxygens (including phenoxy) is 2. The summed E-state index contributed by atoms with van der Waals surface area (Å²) in [6.07, 6.45) is -1.45. The summed E-state index contributed by atoms with van der Waals surface area (Å²) in [5, 5.41) is 11.6. The lowest BCUT2D eigenvalue weighted by atomic mass is 10.1. The van der Waals surface area contributed by atoms with E-state index in [1.807, 2.05) is 0 Å². The van der Waals surface area contributed by atoms with Crippen LogP contribution >= 0.6 is 0 Å². The van der Waals surface area contributed by atoms with Crippen molar-refractivity contribution in [2.45, 2.75) is 19.1 Å². The number of hydrogen-bond acceptors (Lipinski definition) is 5. The molecule has 0 spiro atoms. The minimum atomic E-state index is -2.90. The van der Waals surface area contributed by atoms with Crippen LogP contribution in [0.2, 0.25) is 0 Å². The van der Waals surface area contributed by atoms with Crippen molar-refractivity contribution < 1.29 is 33.0 Å². The van der Waals surface area contributed by atoms with Crippen LogP contribution in [0, 0.1) is 0 Å². The number of methoxy groups -OCH3 is 1. The van der Waals surface area contributed by atoms with Crippen LogP contribution in [0.3, 0.4) is 0 Å². The number of aliphatic hydroxyl groups excluding tert-OH is 1. The van der Waals surface area contributed by atoms with Crippen LogP contribution in [0.4, 0.5) is 8.78 Å². The van der Waals surface area contributed by atoms with E-state index in [2.05, 4.69) is 14.8 Å². The molecule has 2 N–H and O–H groups in total. The van der Waals surface area contributed by atoms with E-state index in [0.717, 1.165) is 7.11 Å². The molecule has 0 radical (unpaired) electrons. The van der Waals surface area contributed by atoms with E-state index in [9.17, 15) is 23.5 Å². The van der Waals surface area contributed by atoms with Crippen LogP contribution in [0.5, 0.6) is 5.75 Å². The minimum absolute atomic E-state index is 0.00438. The Morgan fingerprint density at radius 2 is 1.90 bits per heavy atom. The Morgan fingerprint density at radius 3 is 2.43 bits per heavy atom. The Morgan fingerprint density at radius 1 is 1.29 bits per heavy atom. The number of carbonyl (C=O) groups is 2. The summed E-state index contributed by atoms with van der Waals surface area (Å²) < 4.78 is 32.4. The molecule has 0 bridgehead atoms. The predicted molar refractivity (Wildman–Crippen MR) is 67.8 cm³/mol. The maximum Gasteiger partial charge on any atom is 0.387 e. The summed E-state index contributed by atoms with van der Waals surface area (Å²) in [7, 11) is 1.12. The lowest BCUT2D eigenvalue weighted by Crippen LogP contribution is -2.37. The molecular weight excluding hydrogens is 288 g/mol. The third-order valence-electron chi connectivity index (χ3n) is 2.48. The van der Waals surface area contributed by atoms with E-state index >= 15 is 0 Å². The molecule has 0 aliphatic carbocycles. The molecule has 0 aliphatic heterocycles. The molecule has 1 unspecified atom stereocenters. The predicted octanol–water partition coefficient (Wildman–Crippen LogP) is 0.481. The van der Waals surface area contributed by atoms with Crippen LogP contribution < -0.4 is 10.1 Å². The number of hydrogen-bond donors (Lipinski definition) is 2. The van der Waals surface area contributed by atoms with Gasteiger partial charge in [0.15, 0.2) is 6.10 Å². The van der Waals surface area contributed by atoms with Gasteiger partial charge in [-0.1, -0.05) is 12.1 Å². The fourth-order valence-corrected chi connectivity index (χ4v) is 1.47. The zero-order valence-electron chi connectivity index (χ0n) is 11.2. The van der Waals surface area contributed by atoms with Gasteiger partial charge in [0.1, 0.15) is 5.75 Å². The van der Waals surface area contributed by atoms with E-state index in [4.69, 9.17) is 0 Å². The van der Waals surface area contributed by atoms with Crippen LogP contribution in [0.1, 0.15) is 5.56 Å². The van der Waals surface area contributed by atoms with E-state index in [1.54, 1.807) is 0 Å². The van der Waals surface area contributed by atoms with Crippen molar-refractivity contribution in [3.8, 4) is 5.75 Å². The first-order valence-corrected chi connectivity index (χ1v) is 5.98. The highest BCUT2D eigenvalue weighted by Gasteiger charge is 2.16. The maximum absolute atomic E-state index is 12.0. The molecule has 1 rings (SSSR count). The molecule has 1 amide bonds. The molecule has 0 aliphatic rings. The Bertz CT molecular complexity index is 478. The van der Waals surface area contributed by atoms with Crippen molar-refractivity contribution >= 4 is 11.9 Å². The monoisotopic (exact) mass is 303 g/mol.